The number of hydrogen-bond donors (Lipinski definition) is 3. The fourth-order valence-electron chi connectivity index (χ4n) is 2.19. The molecule has 0 atom stereocenters. The number of rotatable bonds is 6. The number of benzene rings is 2. The highest BCUT2D eigenvalue weighted by molar-refractivity contribution is 5.89. The second kappa shape index (κ2) is 12.1. The zero-order chi connectivity index (χ0) is 17.6. The monoisotopic (exact) mass is 327 g/mol. The molecule has 0 aromatic heterocycles. The Morgan fingerprint density at radius 1 is 1.00 bits per heavy atom. The molecule has 0 aliphatic rings. The van der Waals surface area contributed by atoms with Crippen molar-refractivity contribution in [1.29, 1.82) is 0 Å². The second-order valence-electron chi connectivity index (χ2n) is 5.53. The normalized spacial score (nSPS) is 9.62. The third kappa shape index (κ3) is 8.34. The van der Waals surface area contributed by atoms with Crippen molar-refractivity contribution in [2.24, 2.45) is 5.73 Å². The molecule has 0 spiro atoms. The van der Waals surface area contributed by atoms with Gasteiger partial charge in [0.1, 0.15) is 0 Å². The first-order chi connectivity index (χ1) is 11.7. The average molecular weight is 327 g/mol. The molecule has 0 heterocycles. The zero-order valence-electron chi connectivity index (χ0n) is 14.7. The van der Waals surface area contributed by atoms with Crippen LogP contribution in [0, 0.1) is 0 Å². The van der Waals surface area contributed by atoms with Gasteiger partial charge in [0.15, 0.2) is 0 Å². The number of carbonyl (C=O) groups excluding carboxylic acids is 1. The lowest BCUT2D eigenvalue weighted by molar-refractivity contribution is 0.254. The molecule has 4 nitrogen and oxygen atoms in total. The molecule has 0 saturated carbocycles. The van der Waals surface area contributed by atoms with Crippen LogP contribution in [0.3, 0.4) is 0 Å². The van der Waals surface area contributed by atoms with E-state index >= 15 is 0 Å². The van der Waals surface area contributed by atoms with Gasteiger partial charge >= 0.3 is 6.03 Å². The van der Waals surface area contributed by atoms with Crippen LogP contribution in [0.4, 0.5) is 10.5 Å². The number of carbonyl (C=O) groups is 1. The molecule has 4 N–H and O–H groups in total. The predicted molar refractivity (Wildman–Crippen MR) is 102 cm³/mol. The van der Waals surface area contributed by atoms with Crippen molar-refractivity contribution >= 4 is 11.7 Å². The Bertz CT molecular complexity index is 584. The van der Waals surface area contributed by atoms with E-state index < -0.39 is 0 Å². The summed E-state index contributed by atoms with van der Waals surface area (Å²) in [4.78, 5) is 11.1. The Morgan fingerprint density at radius 2 is 1.71 bits per heavy atom. The minimum atomic E-state index is -0.178. The summed E-state index contributed by atoms with van der Waals surface area (Å²) in [6.07, 6.45) is 4.43. The van der Waals surface area contributed by atoms with Crippen molar-refractivity contribution in [3.63, 3.8) is 0 Å². The van der Waals surface area contributed by atoms with Gasteiger partial charge in [0.2, 0.25) is 0 Å². The maximum Gasteiger partial charge on any atom is 0.318 e. The summed E-state index contributed by atoms with van der Waals surface area (Å²) in [6, 6.07) is 18.1. The van der Waals surface area contributed by atoms with Gasteiger partial charge in [-0.1, -0.05) is 55.8 Å². The van der Waals surface area contributed by atoms with E-state index in [2.05, 4.69) is 35.8 Å². The van der Waals surface area contributed by atoms with Crippen LogP contribution in [0.5, 0.6) is 0 Å². The van der Waals surface area contributed by atoms with Gasteiger partial charge in [0.25, 0.3) is 0 Å². The molecule has 0 fully saturated rings. The fourth-order valence-corrected chi connectivity index (χ4v) is 2.19. The molecule has 24 heavy (non-hydrogen) atoms. The first-order valence-electron chi connectivity index (χ1n) is 8.51. The summed E-state index contributed by atoms with van der Waals surface area (Å²) < 4.78 is 0. The Labute approximate surface area is 145 Å². The van der Waals surface area contributed by atoms with E-state index in [9.17, 15) is 4.79 Å². The largest absolute Gasteiger partial charge is 0.341 e. The van der Waals surface area contributed by atoms with Crippen LogP contribution >= 0.6 is 0 Å². The van der Waals surface area contributed by atoms with Crippen LogP contribution in [0.1, 0.15) is 30.9 Å². The number of anilines is 1. The maximum atomic E-state index is 11.1. The quantitative estimate of drug-likeness (QED) is 0.751. The lowest BCUT2D eigenvalue weighted by Gasteiger charge is -2.06. The molecular weight excluding hydrogens is 298 g/mol. The summed E-state index contributed by atoms with van der Waals surface area (Å²) in [5.41, 5.74) is 8.80. The van der Waals surface area contributed by atoms with E-state index in [4.69, 9.17) is 5.73 Å². The van der Waals surface area contributed by atoms with Crippen LogP contribution in [0.2, 0.25) is 0 Å². The second-order valence-corrected chi connectivity index (χ2v) is 5.53. The molecule has 0 bridgehead atoms. The van der Waals surface area contributed by atoms with Crippen LogP contribution < -0.4 is 16.4 Å². The van der Waals surface area contributed by atoms with Gasteiger partial charge in [0, 0.05) is 12.7 Å². The third-order valence-electron chi connectivity index (χ3n) is 3.51. The zero-order valence-corrected chi connectivity index (χ0v) is 14.7. The fraction of sp³-hybridized carbons (Fsp3) is 0.350. The van der Waals surface area contributed by atoms with Crippen molar-refractivity contribution in [3.05, 3.63) is 65.7 Å². The first kappa shape index (κ1) is 19.7. The molecule has 0 aliphatic heterocycles. The van der Waals surface area contributed by atoms with E-state index in [1.165, 1.54) is 24.0 Å². The molecule has 2 rings (SSSR count). The Hall–Kier alpha value is -2.33. The van der Waals surface area contributed by atoms with Crippen molar-refractivity contribution in [3.8, 4) is 0 Å². The number of urea groups is 1. The summed E-state index contributed by atoms with van der Waals surface area (Å²) >= 11 is 0. The third-order valence-corrected chi connectivity index (χ3v) is 3.51. The molecule has 0 unspecified atom stereocenters. The topological polar surface area (TPSA) is 67.2 Å². The van der Waals surface area contributed by atoms with Crippen molar-refractivity contribution in [1.82, 2.24) is 5.32 Å². The van der Waals surface area contributed by atoms with E-state index in [1.54, 1.807) is 7.05 Å². The van der Waals surface area contributed by atoms with Gasteiger partial charge in [-0.15, -0.1) is 0 Å². The SMILES string of the molecule is CCCCc1cccc(NC(=O)NC)c1.NCCc1ccccc1. The molecule has 0 saturated heterocycles. The van der Waals surface area contributed by atoms with E-state index in [0.717, 1.165) is 25.1 Å². The molecule has 4 heteroatoms. The molecular formula is C20H29N3O. The Morgan fingerprint density at radius 3 is 2.33 bits per heavy atom. The van der Waals surface area contributed by atoms with Crippen molar-refractivity contribution in [2.45, 2.75) is 32.6 Å². The molecule has 0 radical (unpaired) electrons. The van der Waals surface area contributed by atoms with Crippen LogP contribution in [-0.2, 0) is 12.8 Å². The minimum Gasteiger partial charge on any atom is -0.341 e. The smallest absolute Gasteiger partial charge is 0.318 e. The van der Waals surface area contributed by atoms with E-state index in [0.29, 0.717) is 0 Å². The van der Waals surface area contributed by atoms with Crippen LogP contribution in [-0.4, -0.2) is 19.6 Å². The lowest BCUT2D eigenvalue weighted by atomic mass is 10.1. The lowest BCUT2D eigenvalue weighted by Crippen LogP contribution is -2.24. The number of aryl methyl sites for hydroxylation is 1. The molecule has 0 aliphatic carbocycles. The minimum absolute atomic E-state index is 0.178. The van der Waals surface area contributed by atoms with Gasteiger partial charge in [-0.05, 0) is 49.1 Å². The number of nitrogens with two attached hydrogens (primary N) is 1. The number of nitrogens with one attached hydrogen (secondary N) is 2. The number of amides is 2. The van der Waals surface area contributed by atoms with E-state index in [1.807, 2.05) is 36.4 Å². The van der Waals surface area contributed by atoms with Crippen LogP contribution in [0.15, 0.2) is 54.6 Å². The van der Waals surface area contributed by atoms with Gasteiger partial charge in [-0.3, -0.25) is 0 Å². The predicted octanol–water partition coefficient (Wildman–Crippen LogP) is 3.97. The van der Waals surface area contributed by atoms with E-state index in [-0.39, 0.29) is 6.03 Å². The Kier molecular flexibility index (Phi) is 9.97. The summed E-state index contributed by atoms with van der Waals surface area (Å²) in [6.45, 7) is 2.91. The Balaban J connectivity index is 0.000000272. The first-order valence-corrected chi connectivity index (χ1v) is 8.51. The summed E-state index contributed by atoms with van der Waals surface area (Å²) in [7, 11) is 1.61. The molecule has 2 aromatic carbocycles. The molecule has 130 valence electrons. The number of hydrogen-bond acceptors (Lipinski definition) is 2. The highest BCUT2D eigenvalue weighted by Gasteiger charge is 1.99. The summed E-state index contributed by atoms with van der Waals surface area (Å²) in [5, 5.41) is 5.28. The highest BCUT2D eigenvalue weighted by atomic mass is 16.2. The average Bonchev–Trinajstić information content (AvgIpc) is 2.62. The van der Waals surface area contributed by atoms with Gasteiger partial charge in [-0.25, -0.2) is 4.79 Å². The van der Waals surface area contributed by atoms with Crippen LogP contribution in [0.25, 0.3) is 0 Å². The standard InChI is InChI=1S/C12H18N2O.C8H11N/c1-3-4-6-10-7-5-8-11(9-10)14-12(15)13-2;9-7-6-8-4-2-1-3-5-8/h5,7-9H,3-4,6H2,1-2H3,(H2,13,14,15);1-5H,6-7,9H2. The van der Waals surface area contributed by atoms with Gasteiger partial charge < -0.3 is 16.4 Å². The molecule has 2 amide bonds. The van der Waals surface area contributed by atoms with Crippen molar-refractivity contribution in [2.75, 3.05) is 18.9 Å². The van der Waals surface area contributed by atoms with Gasteiger partial charge in [-0.2, -0.15) is 0 Å². The maximum absolute atomic E-state index is 11.1. The van der Waals surface area contributed by atoms with Gasteiger partial charge in [0.05, 0.1) is 0 Å². The molecule has 2 aromatic rings. The summed E-state index contributed by atoms with van der Waals surface area (Å²) in [5.74, 6) is 0. The highest BCUT2D eigenvalue weighted by Crippen LogP contribution is 2.12. The van der Waals surface area contributed by atoms with Crippen molar-refractivity contribution < 1.29 is 4.79 Å². The number of unbranched alkanes of at least 4 members (excludes halogenated alkanes) is 1.